The predicted octanol–water partition coefficient (Wildman–Crippen LogP) is 12.4. The average molecular weight is 1440 g/mol. The van der Waals surface area contributed by atoms with Gasteiger partial charge in [-0.2, -0.15) is 20.4 Å². The highest BCUT2D eigenvalue weighted by molar-refractivity contribution is 6.31. The summed E-state index contributed by atoms with van der Waals surface area (Å²) in [5.41, 5.74) is 5.68. The largest absolute Gasteiger partial charge is 0.324 e. The van der Waals surface area contributed by atoms with Crippen LogP contribution in [-0.2, 0) is 28.2 Å². The van der Waals surface area contributed by atoms with E-state index in [-0.39, 0.29) is 52.3 Å². The van der Waals surface area contributed by atoms with Crippen molar-refractivity contribution in [2.45, 2.75) is 76.0 Å². The lowest BCUT2D eigenvalue weighted by atomic mass is 9.92. The van der Waals surface area contributed by atoms with E-state index in [9.17, 15) is 47.1 Å². The van der Waals surface area contributed by atoms with Gasteiger partial charge in [-0.3, -0.25) is 40.4 Å². The molecule has 4 N–H and O–H groups in total. The highest BCUT2D eigenvalue weighted by Crippen LogP contribution is 2.32. The molecule has 29 heteroatoms. The molecule has 4 aliphatic heterocycles. The quantitative estimate of drug-likeness (QED) is 0.111. The summed E-state index contributed by atoms with van der Waals surface area (Å²) < 4.78 is 31.6. The van der Waals surface area contributed by atoms with E-state index in [1.54, 1.807) is 35.8 Å². The van der Waals surface area contributed by atoms with E-state index >= 15 is 0 Å². The van der Waals surface area contributed by atoms with Gasteiger partial charge in [-0.25, -0.2) is 46.7 Å². The van der Waals surface area contributed by atoms with Crippen LogP contribution in [-0.4, -0.2) is 135 Å². The van der Waals surface area contributed by atoms with Gasteiger partial charge in [0.25, 0.3) is 22.2 Å². The molecule has 0 radical (unpaired) electrons. The second kappa shape index (κ2) is 36.2. The number of rotatable bonds is 8. The van der Waals surface area contributed by atoms with Gasteiger partial charge in [0.2, 0.25) is 0 Å². The van der Waals surface area contributed by atoms with Crippen molar-refractivity contribution in [2.24, 2.45) is 28.2 Å². The summed E-state index contributed by atoms with van der Waals surface area (Å²) in [7, 11) is 6.16. The Morgan fingerprint density at radius 1 is 0.386 bits per heavy atom. The number of allylic oxidation sites excluding steroid dienone is 1. The van der Waals surface area contributed by atoms with E-state index in [0.717, 1.165) is 84.7 Å². The number of hydrogen-bond acceptors (Lipinski definition) is 12. The Morgan fingerprint density at radius 2 is 0.743 bits per heavy atom. The monoisotopic (exact) mass is 1440 g/mol. The summed E-state index contributed by atoms with van der Waals surface area (Å²) in [6.07, 6.45) is 12.6. The summed E-state index contributed by atoms with van der Waals surface area (Å²) in [5, 5.41) is 29.1. The molecule has 0 spiro atoms. The number of aromatic nitrogens is 8. The fraction of sp³-hybridized carbons (Fsp3) is 0.333. The Morgan fingerprint density at radius 3 is 1.15 bits per heavy atom. The van der Waals surface area contributed by atoms with Crippen molar-refractivity contribution >= 4 is 93.3 Å². The summed E-state index contributed by atoms with van der Waals surface area (Å²) in [6.45, 7) is 4.85. The highest BCUT2D eigenvalue weighted by Gasteiger charge is 2.26. The van der Waals surface area contributed by atoms with Crippen molar-refractivity contribution in [3.05, 3.63) is 242 Å². The van der Waals surface area contributed by atoms with Crippen LogP contribution in [0.15, 0.2) is 171 Å². The summed E-state index contributed by atoms with van der Waals surface area (Å²) in [6, 6.07) is 37.6. The van der Waals surface area contributed by atoms with E-state index in [2.05, 4.69) is 65.9 Å². The first-order valence-corrected chi connectivity index (χ1v) is 34.2. The molecule has 530 valence electrons. The Bertz CT molecular complexity index is 4440. The molecule has 8 aromatic rings. The van der Waals surface area contributed by atoms with Crippen LogP contribution in [0.5, 0.6) is 0 Å². The fourth-order valence-corrected chi connectivity index (χ4v) is 12.2. The van der Waals surface area contributed by atoms with Crippen LogP contribution in [0.2, 0.25) is 15.1 Å². The highest BCUT2D eigenvalue weighted by atomic mass is 35.5. The van der Waals surface area contributed by atoms with Gasteiger partial charge < -0.3 is 19.6 Å². The van der Waals surface area contributed by atoms with Gasteiger partial charge in [-0.1, -0.05) is 83.4 Å². The molecule has 0 bridgehead atoms. The summed E-state index contributed by atoms with van der Waals surface area (Å²) in [4.78, 5) is 102. The van der Waals surface area contributed by atoms with Gasteiger partial charge in [0.15, 0.2) is 23.3 Å². The zero-order valence-electron chi connectivity index (χ0n) is 56.3. The van der Waals surface area contributed by atoms with E-state index in [0.29, 0.717) is 104 Å². The molecule has 24 nitrogen and oxygen atoms in total. The Kier molecular flexibility index (Phi) is 26.8. The van der Waals surface area contributed by atoms with Gasteiger partial charge in [-0.05, 0) is 182 Å². The lowest BCUT2D eigenvalue weighted by molar-refractivity contribution is 0.212. The van der Waals surface area contributed by atoms with E-state index in [1.165, 1.54) is 98.5 Å². The van der Waals surface area contributed by atoms with Crippen molar-refractivity contribution in [1.82, 2.24) is 58.7 Å². The van der Waals surface area contributed by atoms with Crippen LogP contribution in [0.4, 0.5) is 51.2 Å². The van der Waals surface area contributed by atoms with Crippen LogP contribution in [0, 0.1) is 11.6 Å². The molecule has 4 aromatic heterocycles. The number of carbonyl (C=O) groups is 4. The number of benzene rings is 4. The molecule has 2 saturated heterocycles. The minimum Gasteiger partial charge on any atom is -0.324 e. The number of amides is 8. The first kappa shape index (κ1) is 74.9. The van der Waals surface area contributed by atoms with E-state index in [4.69, 9.17) is 34.8 Å². The number of carbonyl (C=O) groups excluding carboxylic acids is 4. The first-order chi connectivity index (χ1) is 48.5. The number of halogens is 5. The topological polar surface area (TPSA) is 269 Å². The molecule has 8 heterocycles. The minimum atomic E-state index is -0.584. The third kappa shape index (κ3) is 22.3. The van der Waals surface area contributed by atoms with Crippen LogP contribution in [0.3, 0.4) is 0 Å². The number of aryl methyl sites for hydroxylation is 4. The van der Waals surface area contributed by atoms with Crippen molar-refractivity contribution in [3.63, 3.8) is 0 Å². The third-order valence-electron chi connectivity index (χ3n) is 17.4. The molecule has 8 amide bonds. The van der Waals surface area contributed by atoms with Crippen LogP contribution in [0.25, 0.3) is 11.1 Å². The van der Waals surface area contributed by atoms with Gasteiger partial charge in [0, 0.05) is 126 Å². The first-order valence-electron chi connectivity index (χ1n) is 33.0. The van der Waals surface area contributed by atoms with Gasteiger partial charge in [0.05, 0.1) is 0 Å². The van der Waals surface area contributed by atoms with E-state index in [1.807, 2.05) is 65.6 Å². The van der Waals surface area contributed by atoms with Crippen LogP contribution >= 0.6 is 34.8 Å². The molecular weight excluding hydrogens is 1360 g/mol. The molecule has 101 heavy (non-hydrogen) atoms. The Labute approximate surface area is 596 Å². The number of nitrogens with one attached hydrogen (secondary N) is 4. The second-order valence-electron chi connectivity index (χ2n) is 24.5. The molecule has 2 fully saturated rings. The summed E-state index contributed by atoms with van der Waals surface area (Å²) in [5.74, 6) is 0.676. The fourth-order valence-electron chi connectivity index (χ4n) is 11.8. The molecular formula is C72H79Cl3F2N16O8. The van der Waals surface area contributed by atoms with Crippen molar-refractivity contribution < 1.29 is 28.0 Å². The maximum Gasteiger partial charge on any atom is 0.323 e. The van der Waals surface area contributed by atoms with E-state index < -0.39 is 11.6 Å². The maximum absolute atomic E-state index is 13.4. The SMILES string of the molecule is Cn1nc(NC(=O)N2CC=C(c3ccc(Cl)cc3)CCC2)ccc1=O.Cn1nc(NC(=O)N2CCC=C(c3ccc(Cl)cc3)CC2)ccc1=O.Cn1nc(NC(=O)N2CCC[C@@H](c3cc(F)cc(F)c3)CC2)ccc1=O.Cn1nc(NC(=O)N2CCC[C@@H](c3ccc(Cl)cc3)CC2)ccc1=O. The van der Waals surface area contributed by atoms with Crippen molar-refractivity contribution in [2.75, 3.05) is 73.6 Å². The van der Waals surface area contributed by atoms with Gasteiger partial charge >= 0.3 is 24.1 Å². The summed E-state index contributed by atoms with van der Waals surface area (Å²) >= 11 is 17.8. The number of urea groups is 4. The number of anilines is 4. The van der Waals surface area contributed by atoms with Crippen molar-refractivity contribution in [3.8, 4) is 0 Å². The number of likely N-dealkylation sites (tertiary alicyclic amines) is 2. The molecule has 4 aliphatic rings. The standard InChI is InChI=1S/C18H21ClN4O2.2C18H19ClN4O2.C18H20F2N4O2/c3*1-22-17(24)9-8-16(21-22)20-18(25)23-11-2-3-13(10-12-23)14-4-6-15(19)7-5-14;1-23-17(25)5-4-16(22-23)21-18(26)24-7-2-3-12(6-8-24)13-9-14(19)11-15(20)10-13/h4-9,13H,2-3,10-12H2,1H3,(H,20,21,25);4-10H,2-3,11-12H2,1H3,(H,20,21,25);3-9H,2,10-12H2,1H3,(H,20,21,25);4-5,9-12H,2-3,6-8H2,1H3,(H,21,22,26)/t13-;;;12-/m1..1/s1. The van der Waals surface area contributed by atoms with Crippen LogP contribution < -0.4 is 43.5 Å². The smallest absolute Gasteiger partial charge is 0.323 e. The third-order valence-corrected chi connectivity index (χ3v) is 18.1. The molecule has 12 rings (SSSR count). The normalized spacial score (nSPS) is 16.2. The molecule has 4 aromatic carbocycles. The lowest BCUT2D eigenvalue weighted by Crippen LogP contribution is -2.36. The maximum atomic E-state index is 13.4. The number of hydrogen-bond donors (Lipinski definition) is 4. The van der Waals surface area contributed by atoms with Crippen molar-refractivity contribution in [1.29, 1.82) is 0 Å². The lowest BCUT2D eigenvalue weighted by Gasteiger charge is -2.21. The predicted molar refractivity (Wildman–Crippen MR) is 389 cm³/mol. The van der Waals surface area contributed by atoms with Crippen LogP contribution in [0.1, 0.15) is 98.3 Å². The molecule has 0 saturated carbocycles. The zero-order valence-corrected chi connectivity index (χ0v) is 58.6. The molecule has 0 aliphatic carbocycles. The Hall–Kier alpha value is -10.3. The molecule has 0 unspecified atom stereocenters. The van der Waals surface area contributed by atoms with Gasteiger partial charge in [-0.15, -0.1) is 0 Å². The molecule has 2 atom stereocenters. The average Bonchev–Trinajstić information content (AvgIpc) is 1.19. The van der Waals surface area contributed by atoms with Gasteiger partial charge in [0.1, 0.15) is 11.6 Å². The zero-order chi connectivity index (χ0) is 72.1. The second-order valence-corrected chi connectivity index (χ2v) is 25.8. The minimum absolute atomic E-state index is 0.00803. The number of nitrogens with zero attached hydrogens (tertiary/aromatic N) is 12. The Balaban J connectivity index is 0.000000157.